The Morgan fingerprint density at radius 2 is 1.88 bits per heavy atom. The van der Waals surface area contributed by atoms with Crippen LogP contribution in [0.25, 0.3) is 10.8 Å². The molecule has 0 aromatic heterocycles. The summed E-state index contributed by atoms with van der Waals surface area (Å²) in [6.07, 6.45) is 2.96. The standard InChI is InChI=1S/C15H17N/c1-2-3-11-16-12-14-9-6-8-13-7-4-5-10-15(13)14/h2,4-10,16H,1,3,11-12H2. The summed E-state index contributed by atoms with van der Waals surface area (Å²) in [7, 11) is 0. The van der Waals surface area contributed by atoms with E-state index >= 15 is 0 Å². The molecule has 0 aliphatic carbocycles. The molecule has 0 unspecified atom stereocenters. The van der Waals surface area contributed by atoms with Gasteiger partial charge in [0.05, 0.1) is 0 Å². The second-order valence-corrected chi connectivity index (χ2v) is 3.89. The molecule has 0 aliphatic heterocycles. The van der Waals surface area contributed by atoms with Gasteiger partial charge in [-0.1, -0.05) is 48.5 Å². The molecule has 2 aromatic rings. The maximum atomic E-state index is 3.72. The van der Waals surface area contributed by atoms with Gasteiger partial charge in [0.2, 0.25) is 0 Å². The highest BCUT2D eigenvalue weighted by atomic mass is 14.8. The summed E-state index contributed by atoms with van der Waals surface area (Å²) in [5, 5.41) is 6.08. The van der Waals surface area contributed by atoms with Gasteiger partial charge in [0.15, 0.2) is 0 Å². The first-order valence-electron chi connectivity index (χ1n) is 5.70. The Morgan fingerprint density at radius 3 is 2.75 bits per heavy atom. The van der Waals surface area contributed by atoms with Gasteiger partial charge in [-0.3, -0.25) is 0 Å². The fraction of sp³-hybridized carbons (Fsp3) is 0.200. The quantitative estimate of drug-likeness (QED) is 0.589. The molecule has 0 aliphatic rings. The summed E-state index contributed by atoms with van der Waals surface area (Å²) in [6, 6.07) is 15.0. The lowest BCUT2D eigenvalue weighted by Gasteiger charge is -2.07. The van der Waals surface area contributed by atoms with Crippen LogP contribution in [0.5, 0.6) is 0 Å². The third-order valence-electron chi connectivity index (χ3n) is 2.72. The molecule has 0 fully saturated rings. The molecule has 2 aromatic carbocycles. The van der Waals surface area contributed by atoms with Crippen molar-refractivity contribution in [1.29, 1.82) is 0 Å². The lowest BCUT2D eigenvalue weighted by molar-refractivity contribution is 0.699. The van der Waals surface area contributed by atoms with Gasteiger partial charge in [0.25, 0.3) is 0 Å². The molecule has 16 heavy (non-hydrogen) atoms. The number of fused-ring (bicyclic) bond motifs is 1. The van der Waals surface area contributed by atoms with Gasteiger partial charge in [-0.25, -0.2) is 0 Å². The van der Waals surface area contributed by atoms with E-state index in [9.17, 15) is 0 Å². The minimum atomic E-state index is 0.926. The smallest absolute Gasteiger partial charge is 0.0211 e. The summed E-state index contributed by atoms with van der Waals surface area (Å²) in [5.41, 5.74) is 1.36. The molecule has 82 valence electrons. The van der Waals surface area contributed by atoms with E-state index in [4.69, 9.17) is 0 Å². The third kappa shape index (κ3) is 2.50. The summed E-state index contributed by atoms with van der Waals surface area (Å²) in [6.45, 7) is 5.63. The Balaban J connectivity index is 2.14. The molecular formula is C15H17N. The van der Waals surface area contributed by atoms with E-state index in [-0.39, 0.29) is 0 Å². The summed E-state index contributed by atoms with van der Waals surface area (Å²) < 4.78 is 0. The van der Waals surface area contributed by atoms with E-state index < -0.39 is 0 Å². The molecule has 1 nitrogen and oxygen atoms in total. The van der Waals surface area contributed by atoms with Crippen LogP contribution in [0, 0.1) is 0 Å². The predicted molar refractivity (Wildman–Crippen MR) is 70.5 cm³/mol. The first kappa shape index (κ1) is 10.9. The Kier molecular flexibility index (Phi) is 3.73. The van der Waals surface area contributed by atoms with Crippen LogP contribution in [0.4, 0.5) is 0 Å². The monoisotopic (exact) mass is 211 g/mol. The highest BCUT2D eigenvalue weighted by molar-refractivity contribution is 5.85. The molecule has 0 radical (unpaired) electrons. The van der Waals surface area contributed by atoms with Gasteiger partial charge in [-0.05, 0) is 29.3 Å². The van der Waals surface area contributed by atoms with Gasteiger partial charge < -0.3 is 5.32 Å². The Hall–Kier alpha value is -1.60. The van der Waals surface area contributed by atoms with Crippen LogP contribution in [0.1, 0.15) is 12.0 Å². The highest BCUT2D eigenvalue weighted by Crippen LogP contribution is 2.17. The molecule has 2 rings (SSSR count). The first-order valence-corrected chi connectivity index (χ1v) is 5.70. The largest absolute Gasteiger partial charge is 0.312 e. The summed E-state index contributed by atoms with van der Waals surface area (Å²) in [5.74, 6) is 0. The zero-order valence-corrected chi connectivity index (χ0v) is 9.45. The third-order valence-corrected chi connectivity index (χ3v) is 2.72. The maximum Gasteiger partial charge on any atom is 0.0211 e. The minimum absolute atomic E-state index is 0.926. The zero-order valence-electron chi connectivity index (χ0n) is 9.45. The van der Waals surface area contributed by atoms with Crippen molar-refractivity contribution in [2.45, 2.75) is 13.0 Å². The zero-order chi connectivity index (χ0) is 11.2. The molecule has 0 atom stereocenters. The Morgan fingerprint density at radius 1 is 1.06 bits per heavy atom. The van der Waals surface area contributed by atoms with Crippen molar-refractivity contribution in [3.05, 3.63) is 60.7 Å². The van der Waals surface area contributed by atoms with Gasteiger partial charge in [0.1, 0.15) is 0 Å². The molecule has 1 N–H and O–H groups in total. The number of nitrogens with one attached hydrogen (secondary N) is 1. The van der Waals surface area contributed by atoms with E-state index in [0.717, 1.165) is 19.5 Å². The molecular weight excluding hydrogens is 194 g/mol. The molecule has 0 heterocycles. The van der Waals surface area contributed by atoms with Gasteiger partial charge in [-0.15, -0.1) is 6.58 Å². The topological polar surface area (TPSA) is 12.0 Å². The first-order chi connectivity index (χ1) is 7.92. The van der Waals surface area contributed by atoms with Crippen LogP contribution in [0.2, 0.25) is 0 Å². The van der Waals surface area contributed by atoms with Crippen molar-refractivity contribution in [3.8, 4) is 0 Å². The van der Waals surface area contributed by atoms with Crippen LogP contribution in [-0.4, -0.2) is 6.54 Å². The van der Waals surface area contributed by atoms with Crippen molar-refractivity contribution >= 4 is 10.8 Å². The van der Waals surface area contributed by atoms with Crippen LogP contribution in [0.3, 0.4) is 0 Å². The maximum absolute atomic E-state index is 3.72. The van der Waals surface area contributed by atoms with Gasteiger partial charge in [-0.2, -0.15) is 0 Å². The summed E-state index contributed by atoms with van der Waals surface area (Å²) >= 11 is 0. The van der Waals surface area contributed by atoms with E-state index in [1.54, 1.807) is 0 Å². The Bertz CT molecular complexity index is 468. The second-order valence-electron chi connectivity index (χ2n) is 3.89. The lowest BCUT2D eigenvalue weighted by Crippen LogP contribution is -2.14. The average Bonchev–Trinajstić information content (AvgIpc) is 2.35. The van der Waals surface area contributed by atoms with Crippen LogP contribution in [-0.2, 0) is 6.54 Å². The Labute approximate surface area is 96.8 Å². The number of rotatable bonds is 5. The fourth-order valence-corrected chi connectivity index (χ4v) is 1.87. The van der Waals surface area contributed by atoms with Crippen molar-refractivity contribution in [1.82, 2.24) is 5.32 Å². The minimum Gasteiger partial charge on any atom is -0.312 e. The molecule has 0 spiro atoms. The second kappa shape index (κ2) is 5.47. The highest BCUT2D eigenvalue weighted by Gasteiger charge is 1.98. The molecule has 0 bridgehead atoms. The number of hydrogen-bond donors (Lipinski definition) is 1. The molecule has 1 heteroatoms. The van der Waals surface area contributed by atoms with Crippen molar-refractivity contribution in [2.75, 3.05) is 6.54 Å². The van der Waals surface area contributed by atoms with Crippen LogP contribution < -0.4 is 5.32 Å². The summed E-state index contributed by atoms with van der Waals surface area (Å²) in [4.78, 5) is 0. The average molecular weight is 211 g/mol. The SMILES string of the molecule is C=CCCNCc1cccc2ccccc12. The van der Waals surface area contributed by atoms with Crippen LogP contribution >= 0.6 is 0 Å². The van der Waals surface area contributed by atoms with E-state index in [0.29, 0.717) is 0 Å². The molecule has 0 saturated carbocycles. The number of benzene rings is 2. The van der Waals surface area contributed by atoms with Crippen molar-refractivity contribution in [2.24, 2.45) is 0 Å². The van der Waals surface area contributed by atoms with Gasteiger partial charge in [0, 0.05) is 6.54 Å². The fourth-order valence-electron chi connectivity index (χ4n) is 1.87. The molecule has 0 amide bonds. The van der Waals surface area contributed by atoms with Crippen LogP contribution in [0.15, 0.2) is 55.1 Å². The normalized spacial score (nSPS) is 10.5. The van der Waals surface area contributed by atoms with Crippen molar-refractivity contribution in [3.63, 3.8) is 0 Å². The number of hydrogen-bond acceptors (Lipinski definition) is 1. The predicted octanol–water partition coefficient (Wildman–Crippen LogP) is 3.51. The van der Waals surface area contributed by atoms with E-state index in [1.165, 1.54) is 16.3 Å². The van der Waals surface area contributed by atoms with Crippen molar-refractivity contribution < 1.29 is 0 Å². The lowest BCUT2D eigenvalue weighted by atomic mass is 10.0. The van der Waals surface area contributed by atoms with E-state index in [2.05, 4.69) is 54.4 Å². The molecule has 0 saturated heterocycles. The van der Waals surface area contributed by atoms with Gasteiger partial charge >= 0.3 is 0 Å². The van der Waals surface area contributed by atoms with E-state index in [1.807, 2.05) is 6.08 Å².